The lowest BCUT2D eigenvalue weighted by Crippen LogP contribution is -2.12. The van der Waals surface area contributed by atoms with Crippen molar-refractivity contribution < 1.29 is 19.0 Å². The number of aryl methyl sites for hydroxylation is 1. The Labute approximate surface area is 183 Å². The molecule has 1 amide bonds. The van der Waals surface area contributed by atoms with Crippen LogP contribution in [0.5, 0.6) is 17.2 Å². The number of ether oxygens (including phenoxy) is 3. The number of carbonyl (C=O) groups is 1. The first kappa shape index (κ1) is 21.8. The van der Waals surface area contributed by atoms with Gasteiger partial charge in [0.15, 0.2) is 11.5 Å². The Morgan fingerprint density at radius 2 is 1.45 bits per heavy atom. The van der Waals surface area contributed by atoms with Gasteiger partial charge in [-0.1, -0.05) is 36.1 Å². The maximum atomic E-state index is 12.5. The number of amides is 1. The minimum absolute atomic E-state index is 0.0816. The highest BCUT2D eigenvalue weighted by atomic mass is 16.5. The molecule has 0 saturated carbocycles. The molecular weight excluding hydrogens is 390 g/mol. The molecule has 0 unspecified atom stereocenters. The summed E-state index contributed by atoms with van der Waals surface area (Å²) in [5.41, 5.74) is 3.43. The first-order chi connectivity index (χ1) is 15.1. The third-order valence-electron chi connectivity index (χ3n) is 4.64. The maximum absolute atomic E-state index is 12.5. The van der Waals surface area contributed by atoms with Crippen LogP contribution in [-0.4, -0.2) is 27.2 Å². The van der Waals surface area contributed by atoms with E-state index in [1.54, 1.807) is 21.3 Å². The van der Waals surface area contributed by atoms with Crippen LogP contribution in [0, 0.1) is 11.8 Å². The van der Waals surface area contributed by atoms with E-state index in [9.17, 15) is 4.79 Å². The Balaban J connectivity index is 1.63. The molecule has 0 heterocycles. The molecule has 0 saturated heterocycles. The fraction of sp³-hybridized carbons (Fsp3) is 0.192. The summed E-state index contributed by atoms with van der Waals surface area (Å²) >= 11 is 0. The van der Waals surface area contributed by atoms with Crippen molar-refractivity contribution >= 4 is 11.6 Å². The molecule has 0 aliphatic rings. The van der Waals surface area contributed by atoms with Crippen molar-refractivity contribution in [3.8, 4) is 29.1 Å². The van der Waals surface area contributed by atoms with Crippen molar-refractivity contribution in [2.24, 2.45) is 0 Å². The molecule has 0 bridgehead atoms. The van der Waals surface area contributed by atoms with E-state index >= 15 is 0 Å². The van der Waals surface area contributed by atoms with Gasteiger partial charge in [-0.05, 0) is 54.4 Å². The van der Waals surface area contributed by atoms with Crippen molar-refractivity contribution in [3.63, 3.8) is 0 Å². The van der Waals surface area contributed by atoms with E-state index in [4.69, 9.17) is 14.2 Å². The molecule has 3 aromatic rings. The molecule has 0 spiro atoms. The van der Waals surface area contributed by atoms with Gasteiger partial charge in [0.1, 0.15) is 0 Å². The zero-order chi connectivity index (χ0) is 22.1. The number of carbonyl (C=O) groups excluding carboxylic acids is 1. The van der Waals surface area contributed by atoms with E-state index in [0.29, 0.717) is 30.1 Å². The second kappa shape index (κ2) is 10.7. The van der Waals surface area contributed by atoms with Gasteiger partial charge in [0.2, 0.25) is 11.7 Å². The smallest absolute Gasteiger partial charge is 0.224 e. The Kier molecular flexibility index (Phi) is 7.56. The van der Waals surface area contributed by atoms with Gasteiger partial charge < -0.3 is 19.5 Å². The van der Waals surface area contributed by atoms with Crippen LogP contribution in [0.4, 0.5) is 5.69 Å². The molecular formula is C26H25NO4. The molecule has 3 rings (SSSR count). The van der Waals surface area contributed by atoms with Crippen LogP contribution in [-0.2, 0) is 11.2 Å². The Morgan fingerprint density at radius 1 is 0.806 bits per heavy atom. The highest BCUT2D eigenvalue weighted by Crippen LogP contribution is 2.38. The van der Waals surface area contributed by atoms with Crippen LogP contribution in [0.1, 0.15) is 23.1 Å². The zero-order valence-electron chi connectivity index (χ0n) is 17.9. The number of nitrogens with one attached hydrogen (secondary N) is 1. The molecule has 0 atom stereocenters. The fourth-order valence-corrected chi connectivity index (χ4v) is 3.10. The number of hydrogen-bond acceptors (Lipinski definition) is 4. The molecule has 3 aromatic carbocycles. The number of rotatable bonds is 7. The van der Waals surface area contributed by atoms with Crippen molar-refractivity contribution in [3.05, 3.63) is 83.4 Å². The maximum Gasteiger partial charge on any atom is 0.224 e. The van der Waals surface area contributed by atoms with Crippen molar-refractivity contribution in [2.45, 2.75) is 12.8 Å². The molecule has 158 valence electrons. The lowest BCUT2D eigenvalue weighted by molar-refractivity contribution is -0.116. The third kappa shape index (κ3) is 6.03. The van der Waals surface area contributed by atoms with Crippen LogP contribution in [0.15, 0.2) is 66.7 Å². The summed E-state index contributed by atoms with van der Waals surface area (Å²) in [5.74, 6) is 7.84. The van der Waals surface area contributed by atoms with Gasteiger partial charge in [0, 0.05) is 23.2 Å². The molecule has 0 fully saturated rings. The normalized spacial score (nSPS) is 9.90. The zero-order valence-corrected chi connectivity index (χ0v) is 17.9. The summed E-state index contributed by atoms with van der Waals surface area (Å²) in [4.78, 5) is 12.5. The van der Waals surface area contributed by atoms with Crippen LogP contribution >= 0.6 is 0 Å². The van der Waals surface area contributed by atoms with Crippen LogP contribution in [0.3, 0.4) is 0 Å². The Bertz CT molecular complexity index is 1070. The van der Waals surface area contributed by atoms with Gasteiger partial charge in [0.05, 0.1) is 21.3 Å². The first-order valence-electron chi connectivity index (χ1n) is 9.89. The van der Waals surface area contributed by atoms with Gasteiger partial charge in [0.25, 0.3) is 0 Å². The Morgan fingerprint density at radius 3 is 2.10 bits per heavy atom. The number of hydrogen-bond donors (Lipinski definition) is 1. The second-order valence-corrected chi connectivity index (χ2v) is 6.78. The van der Waals surface area contributed by atoms with Gasteiger partial charge in [-0.25, -0.2) is 0 Å². The largest absolute Gasteiger partial charge is 0.493 e. The van der Waals surface area contributed by atoms with E-state index in [1.165, 1.54) is 0 Å². The average Bonchev–Trinajstić information content (AvgIpc) is 2.81. The van der Waals surface area contributed by atoms with Gasteiger partial charge in [-0.2, -0.15) is 0 Å². The number of anilines is 1. The van der Waals surface area contributed by atoms with E-state index in [-0.39, 0.29) is 5.91 Å². The predicted octanol–water partition coefficient (Wildman–Crippen LogP) is 4.68. The molecule has 1 N–H and O–H groups in total. The molecule has 0 aromatic heterocycles. The summed E-state index contributed by atoms with van der Waals surface area (Å²) in [6.07, 6.45) is 0.856. The molecule has 0 aliphatic carbocycles. The number of methoxy groups -OCH3 is 3. The van der Waals surface area contributed by atoms with Crippen LogP contribution in [0.25, 0.3) is 0 Å². The summed E-state index contributed by atoms with van der Waals surface area (Å²) in [5, 5.41) is 2.94. The van der Waals surface area contributed by atoms with Crippen LogP contribution in [0.2, 0.25) is 0 Å². The van der Waals surface area contributed by atoms with E-state index < -0.39 is 0 Å². The van der Waals surface area contributed by atoms with Gasteiger partial charge >= 0.3 is 0 Å². The van der Waals surface area contributed by atoms with Crippen molar-refractivity contribution in [2.75, 3.05) is 26.6 Å². The minimum Gasteiger partial charge on any atom is -0.493 e. The molecule has 5 heteroatoms. The lowest BCUT2D eigenvalue weighted by Gasteiger charge is -2.14. The highest BCUT2D eigenvalue weighted by Gasteiger charge is 2.14. The van der Waals surface area contributed by atoms with E-state index in [1.807, 2.05) is 66.7 Å². The monoisotopic (exact) mass is 415 g/mol. The summed E-state index contributed by atoms with van der Waals surface area (Å²) in [6, 6.07) is 21.0. The minimum atomic E-state index is -0.0816. The van der Waals surface area contributed by atoms with E-state index in [0.717, 1.165) is 22.4 Å². The summed E-state index contributed by atoms with van der Waals surface area (Å²) < 4.78 is 16.1. The van der Waals surface area contributed by atoms with E-state index in [2.05, 4.69) is 17.2 Å². The quantitative estimate of drug-likeness (QED) is 0.569. The summed E-state index contributed by atoms with van der Waals surface area (Å²) in [6.45, 7) is 0. The van der Waals surface area contributed by atoms with Crippen molar-refractivity contribution in [1.82, 2.24) is 0 Å². The summed E-state index contributed by atoms with van der Waals surface area (Å²) in [7, 11) is 4.70. The van der Waals surface area contributed by atoms with Gasteiger partial charge in [-0.15, -0.1) is 0 Å². The molecule has 5 nitrogen and oxygen atoms in total. The lowest BCUT2D eigenvalue weighted by atomic mass is 10.1. The van der Waals surface area contributed by atoms with Gasteiger partial charge in [-0.3, -0.25) is 4.79 Å². The standard InChI is InChI=1S/C26H25NO4/c1-29-23-17-21(18-24(30-2)26(23)31-3)14-15-25(28)27-22-11-7-10-20(16-22)13-12-19-8-5-4-6-9-19/h4-11,16-18H,14-15H2,1-3H3,(H,27,28). The number of benzene rings is 3. The first-order valence-corrected chi connectivity index (χ1v) is 9.89. The fourth-order valence-electron chi connectivity index (χ4n) is 3.10. The predicted molar refractivity (Wildman–Crippen MR) is 122 cm³/mol. The topological polar surface area (TPSA) is 56.8 Å². The van der Waals surface area contributed by atoms with Crippen LogP contribution < -0.4 is 19.5 Å². The SMILES string of the molecule is COc1cc(CCC(=O)Nc2cccc(C#Cc3ccccc3)c2)cc(OC)c1OC. The molecule has 0 aliphatic heterocycles. The molecule has 0 radical (unpaired) electrons. The third-order valence-corrected chi connectivity index (χ3v) is 4.64. The average molecular weight is 415 g/mol. The van der Waals surface area contributed by atoms with Crippen molar-refractivity contribution in [1.29, 1.82) is 0 Å². The Hall–Kier alpha value is -3.91. The second-order valence-electron chi connectivity index (χ2n) is 6.78. The highest BCUT2D eigenvalue weighted by molar-refractivity contribution is 5.91. The molecule has 31 heavy (non-hydrogen) atoms.